The molecule has 2 rings (SSSR count). The fraction of sp³-hybridized carbons (Fsp3) is 0.0833. The highest BCUT2D eigenvalue weighted by molar-refractivity contribution is 6.07. The van der Waals surface area contributed by atoms with Crippen molar-refractivity contribution in [3.05, 3.63) is 54.3 Å². The van der Waals surface area contributed by atoms with Crippen LogP contribution in [0.3, 0.4) is 0 Å². The van der Waals surface area contributed by atoms with Gasteiger partial charge in [-0.3, -0.25) is 9.69 Å². The number of benzene rings is 1. The molecule has 1 aromatic carbocycles. The van der Waals surface area contributed by atoms with Crippen molar-refractivity contribution in [1.29, 1.82) is 0 Å². The van der Waals surface area contributed by atoms with E-state index in [-0.39, 0.29) is 5.91 Å². The summed E-state index contributed by atoms with van der Waals surface area (Å²) in [5.74, 6) is 0.0179. The first kappa shape index (κ1) is 8.75. The summed E-state index contributed by atoms with van der Waals surface area (Å²) in [6.07, 6.45) is 5.34. The number of nitrogens with zero attached hydrogens (tertiary/aromatic N) is 1. The Kier molecular flexibility index (Phi) is 2.19. The molecule has 0 aromatic heterocycles. The number of amides is 1. The molecule has 0 unspecified atom stereocenters. The molecule has 2 heteroatoms. The zero-order valence-corrected chi connectivity index (χ0v) is 7.97. The van der Waals surface area contributed by atoms with E-state index in [2.05, 4.69) is 0 Å². The van der Waals surface area contributed by atoms with Crippen molar-refractivity contribution < 1.29 is 4.79 Å². The van der Waals surface area contributed by atoms with Crippen LogP contribution in [0.15, 0.2) is 54.3 Å². The summed E-state index contributed by atoms with van der Waals surface area (Å²) in [5.41, 5.74) is 1.84. The van der Waals surface area contributed by atoms with Gasteiger partial charge in [-0.05, 0) is 25.1 Å². The number of anilines is 1. The summed E-state index contributed by atoms with van der Waals surface area (Å²) in [7, 11) is 0. The van der Waals surface area contributed by atoms with E-state index in [9.17, 15) is 4.79 Å². The maximum atomic E-state index is 11.5. The topological polar surface area (TPSA) is 20.3 Å². The second kappa shape index (κ2) is 3.50. The third kappa shape index (κ3) is 1.35. The van der Waals surface area contributed by atoms with Crippen molar-refractivity contribution in [3.63, 3.8) is 0 Å². The summed E-state index contributed by atoms with van der Waals surface area (Å²) in [4.78, 5) is 13.2. The Balaban J connectivity index is 2.40. The SMILES string of the molecule is CC=C1C=CC(=O)N1c1ccccc1. The van der Waals surface area contributed by atoms with Gasteiger partial charge < -0.3 is 0 Å². The molecular weight excluding hydrogens is 174 g/mol. The van der Waals surface area contributed by atoms with E-state index < -0.39 is 0 Å². The maximum Gasteiger partial charge on any atom is 0.255 e. The molecule has 0 saturated heterocycles. The predicted molar refractivity (Wildman–Crippen MR) is 56.8 cm³/mol. The first-order chi connectivity index (χ1) is 6.83. The molecule has 0 atom stereocenters. The van der Waals surface area contributed by atoms with Crippen molar-refractivity contribution in [3.8, 4) is 0 Å². The van der Waals surface area contributed by atoms with Gasteiger partial charge >= 0.3 is 0 Å². The van der Waals surface area contributed by atoms with Crippen molar-refractivity contribution in [2.75, 3.05) is 4.90 Å². The lowest BCUT2D eigenvalue weighted by molar-refractivity contribution is -0.113. The van der Waals surface area contributed by atoms with Crippen LogP contribution in [0.25, 0.3) is 0 Å². The van der Waals surface area contributed by atoms with Gasteiger partial charge in [0, 0.05) is 17.5 Å². The Morgan fingerprint density at radius 1 is 1.14 bits per heavy atom. The molecule has 0 radical (unpaired) electrons. The zero-order chi connectivity index (χ0) is 9.97. The minimum absolute atomic E-state index is 0.0179. The van der Waals surface area contributed by atoms with E-state index >= 15 is 0 Å². The van der Waals surface area contributed by atoms with Gasteiger partial charge in [0.15, 0.2) is 0 Å². The number of hydrogen-bond acceptors (Lipinski definition) is 1. The summed E-state index contributed by atoms with van der Waals surface area (Å²) < 4.78 is 0. The molecule has 14 heavy (non-hydrogen) atoms. The number of hydrogen-bond donors (Lipinski definition) is 0. The van der Waals surface area contributed by atoms with Gasteiger partial charge in [-0.2, -0.15) is 0 Å². The zero-order valence-electron chi connectivity index (χ0n) is 7.97. The van der Waals surface area contributed by atoms with E-state index in [1.807, 2.05) is 49.4 Å². The van der Waals surface area contributed by atoms with Crippen LogP contribution in [-0.4, -0.2) is 5.91 Å². The molecule has 0 aliphatic carbocycles. The van der Waals surface area contributed by atoms with E-state index in [0.717, 1.165) is 11.4 Å². The summed E-state index contributed by atoms with van der Waals surface area (Å²) in [6.45, 7) is 1.92. The molecule has 0 spiro atoms. The Morgan fingerprint density at radius 2 is 1.86 bits per heavy atom. The Labute approximate surface area is 83.2 Å². The Bertz CT molecular complexity index is 404. The van der Waals surface area contributed by atoms with Crippen LogP contribution < -0.4 is 4.90 Å². The van der Waals surface area contributed by atoms with Gasteiger partial charge in [-0.1, -0.05) is 24.3 Å². The predicted octanol–water partition coefficient (Wildman–Crippen LogP) is 2.49. The highest BCUT2D eigenvalue weighted by Gasteiger charge is 2.20. The molecule has 1 amide bonds. The fourth-order valence-electron chi connectivity index (χ4n) is 1.51. The maximum absolute atomic E-state index is 11.5. The molecule has 0 N–H and O–H groups in total. The summed E-state index contributed by atoms with van der Waals surface area (Å²) in [5, 5.41) is 0. The van der Waals surface area contributed by atoms with Crippen LogP contribution >= 0.6 is 0 Å². The summed E-state index contributed by atoms with van der Waals surface area (Å²) in [6, 6.07) is 9.64. The van der Waals surface area contributed by atoms with Crippen LogP contribution in [0.2, 0.25) is 0 Å². The smallest absolute Gasteiger partial charge is 0.255 e. The van der Waals surface area contributed by atoms with Crippen molar-refractivity contribution in [2.24, 2.45) is 0 Å². The first-order valence-electron chi connectivity index (χ1n) is 4.56. The van der Waals surface area contributed by atoms with Crippen molar-refractivity contribution in [2.45, 2.75) is 6.92 Å². The Morgan fingerprint density at radius 3 is 2.50 bits per heavy atom. The molecule has 2 nitrogen and oxygen atoms in total. The average Bonchev–Trinajstić information content (AvgIpc) is 2.61. The van der Waals surface area contributed by atoms with E-state index in [1.54, 1.807) is 11.0 Å². The quantitative estimate of drug-likeness (QED) is 0.658. The monoisotopic (exact) mass is 185 g/mol. The van der Waals surface area contributed by atoms with Gasteiger partial charge in [0.2, 0.25) is 0 Å². The van der Waals surface area contributed by atoms with E-state index in [1.165, 1.54) is 0 Å². The van der Waals surface area contributed by atoms with Gasteiger partial charge in [0.1, 0.15) is 0 Å². The molecule has 1 aromatic rings. The van der Waals surface area contributed by atoms with Gasteiger partial charge in [-0.15, -0.1) is 0 Å². The number of carbonyl (C=O) groups excluding carboxylic acids is 1. The Hall–Kier alpha value is -1.83. The lowest BCUT2D eigenvalue weighted by Gasteiger charge is -2.17. The molecular formula is C12H11NO. The highest BCUT2D eigenvalue weighted by atomic mass is 16.2. The largest absolute Gasteiger partial charge is 0.278 e. The van der Waals surface area contributed by atoms with Crippen molar-refractivity contribution in [1.82, 2.24) is 0 Å². The number of carbonyl (C=O) groups is 1. The second-order valence-corrected chi connectivity index (χ2v) is 3.06. The lowest BCUT2D eigenvalue weighted by Crippen LogP contribution is -2.22. The third-order valence-electron chi connectivity index (χ3n) is 2.19. The molecule has 0 saturated carbocycles. The minimum Gasteiger partial charge on any atom is -0.278 e. The van der Waals surface area contributed by atoms with Crippen LogP contribution in [-0.2, 0) is 4.79 Å². The highest BCUT2D eigenvalue weighted by Crippen LogP contribution is 2.23. The molecule has 1 aliphatic rings. The molecule has 70 valence electrons. The van der Waals surface area contributed by atoms with Crippen LogP contribution in [0.1, 0.15) is 6.92 Å². The number of allylic oxidation sites excluding steroid dienone is 2. The minimum atomic E-state index is 0.0179. The van der Waals surface area contributed by atoms with Crippen LogP contribution in [0.4, 0.5) is 5.69 Å². The normalized spacial score (nSPS) is 18.2. The van der Waals surface area contributed by atoms with Crippen LogP contribution in [0.5, 0.6) is 0 Å². The van der Waals surface area contributed by atoms with Crippen LogP contribution in [0, 0.1) is 0 Å². The second-order valence-electron chi connectivity index (χ2n) is 3.06. The lowest BCUT2D eigenvalue weighted by atomic mass is 10.3. The first-order valence-corrected chi connectivity index (χ1v) is 4.56. The van der Waals surface area contributed by atoms with Gasteiger partial charge in [0.05, 0.1) is 0 Å². The standard InChI is InChI=1S/C12H11NO/c1-2-10-8-9-12(14)13(10)11-6-4-3-5-7-11/h2-9H,1H3. The number of para-hydroxylation sites is 1. The van der Waals surface area contributed by atoms with E-state index in [0.29, 0.717) is 0 Å². The molecule has 1 aliphatic heterocycles. The fourth-order valence-corrected chi connectivity index (χ4v) is 1.51. The molecule has 0 fully saturated rings. The molecule has 1 heterocycles. The summed E-state index contributed by atoms with van der Waals surface area (Å²) >= 11 is 0. The molecule has 0 bridgehead atoms. The van der Waals surface area contributed by atoms with Gasteiger partial charge in [-0.25, -0.2) is 0 Å². The van der Waals surface area contributed by atoms with E-state index in [4.69, 9.17) is 0 Å². The average molecular weight is 185 g/mol. The number of rotatable bonds is 1. The third-order valence-corrected chi connectivity index (χ3v) is 2.19. The van der Waals surface area contributed by atoms with Crippen molar-refractivity contribution >= 4 is 11.6 Å². The van der Waals surface area contributed by atoms with Gasteiger partial charge in [0.25, 0.3) is 5.91 Å².